The predicted octanol–water partition coefficient (Wildman–Crippen LogP) is 4.34. The van der Waals surface area contributed by atoms with Crippen LogP contribution in [0.4, 0.5) is 5.95 Å². The van der Waals surface area contributed by atoms with E-state index in [0.717, 1.165) is 22.8 Å². The number of aryl methyl sites for hydroxylation is 3. The van der Waals surface area contributed by atoms with Gasteiger partial charge >= 0.3 is 0 Å². The molecule has 0 unspecified atom stereocenters. The minimum Gasteiger partial charge on any atom is -0.245 e. The van der Waals surface area contributed by atoms with Crippen LogP contribution < -0.4 is 5.43 Å². The molecule has 0 saturated carbocycles. The molecule has 0 spiro atoms. The molecule has 128 valence electrons. The van der Waals surface area contributed by atoms with Gasteiger partial charge < -0.3 is 0 Å². The van der Waals surface area contributed by atoms with Crippen LogP contribution in [-0.2, 0) is 0 Å². The zero-order valence-electron chi connectivity index (χ0n) is 14.0. The van der Waals surface area contributed by atoms with Crippen molar-refractivity contribution in [3.05, 3.63) is 63.2 Å². The Morgan fingerprint density at radius 3 is 2.48 bits per heavy atom. The van der Waals surface area contributed by atoms with Crippen LogP contribution in [0.5, 0.6) is 0 Å². The van der Waals surface area contributed by atoms with Crippen LogP contribution in [0, 0.1) is 20.8 Å². The van der Waals surface area contributed by atoms with Crippen molar-refractivity contribution in [1.29, 1.82) is 0 Å². The van der Waals surface area contributed by atoms with E-state index in [4.69, 9.17) is 23.2 Å². The number of halogens is 2. The number of hydrazone groups is 1. The van der Waals surface area contributed by atoms with Gasteiger partial charge in [-0.3, -0.25) is 0 Å². The van der Waals surface area contributed by atoms with Gasteiger partial charge in [0.2, 0.25) is 5.95 Å². The molecule has 2 aromatic heterocycles. The molecule has 0 radical (unpaired) electrons. The Kier molecular flexibility index (Phi) is 5.01. The molecular weight excluding hydrogens is 359 g/mol. The number of nitrogens with zero attached hydrogens (tertiary/aromatic N) is 5. The third-order valence-corrected chi connectivity index (χ3v) is 4.04. The molecule has 2 heterocycles. The van der Waals surface area contributed by atoms with Crippen molar-refractivity contribution in [2.24, 2.45) is 5.10 Å². The first-order valence-electron chi connectivity index (χ1n) is 7.56. The average Bonchev–Trinajstić information content (AvgIpc) is 2.82. The summed E-state index contributed by atoms with van der Waals surface area (Å²) in [7, 11) is 0. The Bertz CT molecular complexity index is 928. The molecule has 8 heteroatoms. The van der Waals surface area contributed by atoms with Gasteiger partial charge in [0.05, 0.1) is 23.2 Å². The van der Waals surface area contributed by atoms with Gasteiger partial charge in [-0.1, -0.05) is 29.3 Å². The molecule has 1 N–H and O–H groups in total. The maximum atomic E-state index is 6.46. The third kappa shape index (κ3) is 3.97. The summed E-state index contributed by atoms with van der Waals surface area (Å²) in [6, 6.07) is 9.21. The molecule has 3 rings (SSSR count). The number of anilines is 1. The Morgan fingerprint density at radius 1 is 1.08 bits per heavy atom. The van der Waals surface area contributed by atoms with Crippen molar-refractivity contribution in [3.8, 4) is 5.69 Å². The quantitative estimate of drug-likeness (QED) is 0.544. The van der Waals surface area contributed by atoms with Crippen LogP contribution in [0.25, 0.3) is 5.69 Å². The van der Waals surface area contributed by atoms with Gasteiger partial charge in [-0.2, -0.15) is 10.2 Å². The van der Waals surface area contributed by atoms with E-state index >= 15 is 0 Å². The highest BCUT2D eigenvalue weighted by molar-refractivity contribution is 6.32. The van der Waals surface area contributed by atoms with Gasteiger partial charge in [0.15, 0.2) is 0 Å². The lowest BCUT2D eigenvalue weighted by molar-refractivity contribution is 0.863. The zero-order chi connectivity index (χ0) is 18.0. The summed E-state index contributed by atoms with van der Waals surface area (Å²) >= 11 is 12.5. The molecule has 25 heavy (non-hydrogen) atoms. The van der Waals surface area contributed by atoms with E-state index in [1.54, 1.807) is 23.0 Å². The highest BCUT2D eigenvalue weighted by Gasteiger charge is 2.13. The minimum absolute atomic E-state index is 0.435. The van der Waals surface area contributed by atoms with E-state index < -0.39 is 0 Å². The molecule has 0 atom stereocenters. The maximum absolute atomic E-state index is 6.46. The number of aromatic nitrogens is 4. The second kappa shape index (κ2) is 7.21. The Hall–Kier alpha value is -2.44. The van der Waals surface area contributed by atoms with Gasteiger partial charge in [0.1, 0.15) is 5.15 Å². The van der Waals surface area contributed by atoms with Crippen LogP contribution >= 0.6 is 23.2 Å². The molecule has 0 aliphatic carbocycles. The van der Waals surface area contributed by atoms with Crippen LogP contribution in [0.15, 0.2) is 35.4 Å². The molecule has 0 aliphatic heterocycles. The van der Waals surface area contributed by atoms with Gasteiger partial charge in [0, 0.05) is 16.4 Å². The molecular formula is C17H16Cl2N6. The van der Waals surface area contributed by atoms with E-state index in [0.29, 0.717) is 21.7 Å². The summed E-state index contributed by atoms with van der Waals surface area (Å²) in [5.41, 5.74) is 6.79. The monoisotopic (exact) mass is 374 g/mol. The summed E-state index contributed by atoms with van der Waals surface area (Å²) < 4.78 is 1.62. The normalized spacial score (nSPS) is 11.2. The largest absolute Gasteiger partial charge is 0.245 e. The SMILES string of the molecule is Cc1cc(C)nc(N/N=C/c2c(C)nn(-c3cccc(Cl)c3)c2Cl)n1. The highest BCUT2D eigenvalue weighted by atomic mass is 35.5. The van der Waals surface area contributed by atoms with Gasteiger partial charge in [-0.25, -0.2) is 20.1 Å². The molecule has 3 aromatic rings. The second-order valence-electron chi connectivity index (χ2n) is 5.53. The molecule has 1 aromatic carbocycles. The van der Waals surface area contributed by atoms with Crippen molar-refractivity contribution in [3.63, 3.8) is 0 Å². The summed E-state index contributed by atoms with van der Waals surface area (Å²) in [4.78, 5) is 8.54. The summed E-state index contributed by atoms with van der Waals surface area (Å²) in [6.07, 6.45) is 1.60. The van der Waals surface area contributed by atoms with Crippen molar-refractivity contribution in [2.75, 3.05) is 5.43 Å². The van der Waals surface area contributed by atoms with Gasteiger partial charge in [0.25, 0.3) is 0 Å². The predicted molar refractivity (Wildman–Crippen MR) is 101 cm³/mol. The van der Waals surface area contributed by atoms with E-state index in [1.807, 2.05) is 39.0 Å². The van der Waals surface area contributed by atoms with E-state index in [2.05, 4.69) is 25.6 Å². The lowest BCUT2D eigenvalue weighted by Gasteiger charge is -2.03. The first kappa shape index (κ1) is 17.4. The number of benzene rings is 1. The molecule has 0 saturated heterocycles. The highest BCUT2D eigenvalue weighted by Crippen LogP contribution is 2.23. The molecule has 0 bridgehead atoms. The van der Waals surface area contributed by atoms with E-state index in [1.165, 1.54) is 0 Å². The maximum Gasteiger partial charge on any atom is 0.243 e. The summed E-state index contributed by atoms with van der Waals surface area (Å²) in [5.74, 6) is 0.435. The molecule has 0 fully saturated rings. The van der Waals surface area contributed by atoms with E-state index in [-0.39, 0.29) is 0 Å². The van der Waals surface area contributed by atoms with Crippen molar-refractivity contribution in [2.45, 2.75) is 20.8 Å². The Morgan fingerprint density at radius 2 is 1.80 bits per heavy atom. The van der Waals surface area contributed by atoms with E-state index in [9.17, 15) is 0 Å². The van der Waals surface area contributed by atoms with Crippen LogP contribution in [0.3, 0.4) is 0 Å². The second-order valence-corrected chi connectivity index (χ2v) is 6.32. The van der Waals surface area contributed by atoms with Crippen molar-refractivity contribution in [1.82, 2.24) is 19.7 Å². The molecule has 0 aliphatic rings. The smallest absolute Gasteiger partial charge is 0.243 e. The Labute approximate surface area is 155 Å². The number of nitrogens with one attached hydrogen (secondary N) is 1. The lowest BCUT2D eigenvalue weighted by Crippen LogP contribution is -2.00. The van der Waals surface area contributed by atoms with Crippen LogP contribution in [0.2, 0.25) is 10.2 Å². The third-order valence-electron chi connectivity index (χ3n) is 3.44. The van der Waals surface area contributed by atoms with Gasteiger partial charge in [-0.15, -0.1) is 0 Å². The molecule has 0 amide bonds. The zero-order valence-corrected chi connectivity index (χ0v) is 15.5. The summed E-state index contributed by atoms with van der Waals surface area (Å²) in [5, 5.41) is 9.69. The number of hydrogen-bond acceptors (Lipinski definition) is 5. The first-order chi connectivity index (χ1) is 11.9. The fourth-order valence-corrected chi connectivity index (χ4v) is 2.87. The average molecular weight is 375 g/mol. The fourth-order valence-electron chi connectivity index (χ4n) is 2.37. The molecule has 6 nitrogen and oxygen atoms in total. The minimum atomic E-state index is 0.435. The Balaban J connectivity index is 1.85. The van der Waals surface area contributed by atoms with Crippen LogP contribution in [-0.4, -0.2) is 26.0 Å². The summed E-state index contributed by atoms with van der Waals surface area (Å²) in [6.45, 7) is 5.67. The van der Waals surface area contributed by atoms with Crippen LogP contribution in [0.1, 0.15) is 22.6 Å². The van der Waals surface area contributed by atoms with Crippen molar-refractivity contribution < 1.29 is 0 Å². The number of rotatable bonds is 4. The lowest BCUT2D eigenvalue weighted by atomic mass is 10.3. The number of hydrogen-bond donors (Lipinski definition) is 1. The van der Waals surface area contributed by atoms with Crippen molar-refractivity contribution >= 4 is 35.4 Å². The first-order valence-corrected chi connectivity index (χ1v) is 8.32. The van der Waals surface area contributed by atoms with Gasteiger partial charge in [-0.05, 0) is 45.0 Å². The topological polar surface area (TPSA) is 68.0 Å². The fraction of sp³-hybridized carbons (Fsp3) is 0.176. The standard InChI is InChI=1S/C17H16Cl2N6/c1-10-7-11(2)22-17(21-10)23-20-9-15-12(3)24-25(16(15)19)14-6-4-5-13(18)8-14/h4-9H,1-3H3,(H,21,22,23)/b20-9+.